The molecule has 33 heavy (non-hydrogen) atoms. The number of hydrogen-bond donors (Lipinski definition) is 0. The quantitative estimate of drug-likeness (QED) is 0.240. The Balaban J connectivity index is 1.57. The van der Waals surface area contributed by atoms with Gasteiger partial charge < -0.3 is 14.0 Å². The molecule has 0 aliphatic rings. The highest BCUT2D eigenvalue weighted by atomic mass is 32.1. The zero-order valence-corrected chi connectivity index (χ0v) is 19.3. The van der Waals surface area contributed by atoms with Crippen molar-refractivity contribution in [3.05, 3.63) is 71.2 Å². The second kappa shape index (κ2) is 8.29. The number of carbonyl (C=O) groups is 1. The average molecular weight is 459 g/mol. The average Bonchev–Trinajstić information content (AvgIpc) is 3.42. The van der Waals surface area contributed by atoms with Gasteiger partial charge in [0.2, 0.25) is 0 Å². The summed E-state index contributed by atoms with van der Waals surface area (Å²) in [4.78, 5) is 26.0. The largest absolute Gasteiger partial charge is 0.514 e. The Kier molecular flexibility index (Phi) is 5.30. The van der Waals surface area contributed by atoms with Crippen molar-refractivity contribution < 1.29 is 14.3 Å². The van der Waals surface area contributed by atoms with Crippen molar-refractivity contribution >= 4 is 39.4 Å². The molecule has 8 heteroatoms. The van der Waals surface area contributed by atoms with Gasteiger partial charge in [0.05, 0.1) is 23.1 Å². The highest BCUT2D eigenvalue weighted by Gasteiger charge is 2.20. The Morgan fingerprint density at radius 1 is 1.06 bits per heavy atom. The van der Waals surface area contributed by atoms with Crippen molar-refractivity contribution in [2.75, 3.05) is 0 Å². The van der Waals surface area contributed by atoms with Crippen molar-refractivity contribution in [2.24, 2.45) is 0 Å². The number of carbonyl (C=O) groups excluding carboxylic acids is 1. The van der Waals surface area contributed by atoms with E-state index in [1.165, 1.54) is 11.3 Å². The molecular weight excluding hydrogens is 436 g/mol. The molecule has 0 aliphatic heterocycles. The third-order valence-corrected chi connectivity index (χ3v) is 5.64. The maximum absolute atomic E-state index is 12.2. The number of ether oxygens (including phenoxy) is 2. The number of pyridine rings is 1. The van der Waals surface area contributed by atoms with Crippen molar-refractivity contribution in [1.29, 1.82) is 0 Å². The van der Waals surface area contributed by atoms with Gasteiger partial charge >= 0.3 is 6.16 Å². The minimum atomic E-state index is -0.756. The van der Waals surface area contributed by atoms with E-state index in [2.05, 4.69) is 20.6 Å². The van der Waals surface area contributed by atoms with E-state index in [0.717, 1.165) is 33.5 Å². The van der Waals surface area contributed by atoms with Gasteiger partial charge in [-0.3, -0.25) is 4.98 Å². The molecule has 166 valence electrons. The van der Waals surface area contributed by atoms with E-state index in [4.69, 9.17) is 14.5 Å². The fourth-order valence-electron chi connectivity index (χ4n) is 3.71. The van der Waals surface area contributed by atoms with Crippen LogP contribution in [0.5, 0.6) is 5.75 Å². The first-order valence-corrected chi connectivity index (χ1v) is 11.4. The van der Waals surface area contributed by atoms with Crippen LogP contribution in [0.3, 0.4) is 0 Å². The molecule has 0 atom stereocenters. The highest BCUT2D eigenvalue weighted by molar-refractivity contribution is 7.07. The number of para-hydroxylation sites is 2. The molecule has 7 nitrogen and oxygen atoms in total. The summed E-state index contributed by atoms with van der Waals surface area (Å²) in [5.74, 6) is 1.17. The van der Waals surface area contributed by atoms with Crippen LogP contribution in [0.1, 0.15) is 26.3 Å². The van der Waals surface area contributed by atoms with Gasteiger partial charge in [-0.15, -0.1) is 11.3 Å². The molecule has 0 saturated heterocycles. The summed E-state index contributed by atoms with van der Waals surface area (Å²) in [6.45, 7) is 5.94. The van der Waals surface area contributed by atoms with E-state index < -0.39 is 11.8 Å². The van der Waals surface area contributed by atoms with Crippen LogP contribution < -0.4 is 4.74 Å². The van der Waals surface area contributed by atoms with Crippen LogP contribution in [0.2, 0.25) is 0 Å². The first kappa shape index (κ1) is 21.1. The standard InChI is InChI=1S/C25H22N4O3S/c1-25(2,3)32-24(30)31-21-11-10-16(17-7-6-12-26-22(17)21)13-29-20-9-5-4-8-18(20)28-23(29)19-14-33-15-27-19/h4-12,14-15H,13H2,1-3H3. The number of rotatable bonds is 4. The SMILES string of the molecule is CC(C)(C)OC(=O)Oc1ccc(Cn2c(-c3cscn3)nc3ccccc32)c2cccnc12. The minimum absolute atomic E-state index is 0.360. The maximum atomic E-state index is 12.2. The molecule has 0 fully saturated rings. The molecule has 2 aromatic carbocycles. The molecule has 0 saturated carbocycles. The summed E-state index contributed by atoms with van der Waals surface area (Å²) in [7, 11) is 0. The van der Waals surface area contributed by atoms with E-state index >= 15 is 0 Å². The van der Waals surface area contributed by atoms with Crippen LogP contribution in [0, 0.1) is 0 Å². The van der Waals surface area contributed by atoms with Crippen molar-refractivity contribution in [1.82, 2.24) is 19.5 Å². The molecule has 0 spiro atoms. The lowest BCUT2D eigenvalue weighted by molar-refractivity contribution is 0.0209. The van der Waals surface area contributed by atoms with Gasteiger partial charge in [-0.25, -0.2) is 14.8 Å². The molecule has 0 N–H and O–H groups in total. The highest BCUT2D eigenvalue weighted by Crippen LogP contribution is 2.31. The van der Waals surface area contributed by atoms with Crippen LogP contribution in [-0.2, 0) is 11.3 Å². The van der Waals surface area contributed by atoms with Gasteiger partial charge in [-0.05, 0) is 50.6 Å². The van der Waals surface area contributed by atoms with E-state index in [1.807, 2.05) is 41.8 Å². The number of hydrogen-bond acceptors (Lipinski definition) is 7. The first-order chi connectivity index (χ1) is 15.9. The molecular formula is C25H22N4O3S. The number of nitrogens with zero attached hydrogens (tertiary/aromatic N) is 4. The summed E-state index contributed by atoms with van der Waals surface area (Å²) in [6, 6.07) is 15.6. The monoisotopic (exact) mass is 458 g/mol. The zero-order chi connectivity index (χ0) is 23.0. The summed E-state index contributed by atoms with van der Waals surface area (Å²) >= 11 is 1.54. The fourth-order valence-corrected chi connectivity index (χ4v) is 4.24. The number of imidazole rings is 1. The topological polar surface area (TPSA) is 79.1 Å². The molecule has 3 aromatic heterocycles. The Morgan fingerprint density at radius 2 is 1.91 bits per heavy atom. The van der Waals surface area contributed by atoms with E-state index in [1.54, 1.807) is 38.5 Å². The number of fused-ring (bicyclic) bond motifs is 2. The van der Waals surface area contributed by atoms with Gasteiger partial charge in [-0.2, -0.15) is 0 Å². The summed E-state index contributed by atoms with van der Waals surface area (Å²) in [6.07, 6.45) is 0.926. The Bertz CT molecular complexity index is 1450. The lowest BCUT2D eigenvalue weighted by Gasteiger charge is -2.19. The maximum Gasteiger partial charge on any atom is 0.514 e. The van der Waals surface area contributed by atoms with Crippen molar-refractivity contribution in [2.45, 2.75) is 32.9 Å². The number of aromatic nitrogens is 4. The molecule has 0 unspecified atom stereocenters. The Morgan fingerprint density at radius 3 is 2.70 bits per heavy atom. The van der Waals surface area contributed by atoms with Gasteiger partial charge in [0.15, 0.2) is 11.6 Å². The van der Waals surface area contributed by atoms with Crippen LogP contribution in [-0.4, -0.2) is 31.3 Å². The van der Waals surface area contributed by atoms with E-state index in [9.17, 15) is 4.79 Å². The number of benzene rings is 2. The molecule has 5 aromatic rings. The molecule has 0 bridgehead atoms. The van der Waals surface area contributed by atoms with E-state index in [-0.39, 0.29) is 0 Å². The lowest BCUT2D eigenvalue weighted by atomic mass is 10.1. The number of thiazole rings is 1. The van der Waals surface area contributed by atoms with Gasteiger partial charge in [-0.1, -0.05) is 24.3 Å². The predicted molar refractivity (Wildman–Crippen MR) is 129 cm³/mol. The third-order valence-electron chi connectivity index (χ3n) is 5.05. The van der Waals surface area contributed by atoms with Gasteiger partial charge in [0.1, 0.15) is 16.8 Å². The second-order valence-corrected chi connectivity index (χ2v) is 9.29. The van der Waals surface area contributed by atoms with Crippen LogP contribution >= 0.6 is 11.3 Å². The molecule has 0 aliphatic carbocycles. The summed E-state index contributed by atoms with van der Waals surface area (Å²) < 4.78 is 13.0. The molecule has 0 radical (unpaired) electrons. The zero-order valence-electron chi connectivity index (χ0n) is 18.5. The van der Waals surface area contributed by atoms with Gasteiger partial charge in [0.25, 0.3) is 0 Å². The first-order valence-electron chi connectivity index (χ1n) is 10.5. The smallest absolute Gasteiger partial charge is 0.428 e. The van der Waals surface area contributed by atoms with Crippen LogP contribution in [0.4, 0.5) is 4.79 Å². The van der Waals surface area contributed by atoms with Crippen LogP contribution in [0.25, 0.3) is 33.5 Å². The molecule has 0 amide bonds. The van der Waals surface area contributed by atoms with E-state index in [0.29, 0.717) is 17.8 Å². The summed E-state index contributed by atoms with van der Waals surface area (Å²) in [5.41, 5.74) is 5.55. The third kappa shape index (κ3) is 4.29. The van der Waals surface area contributed by atoms with Gasteiger partial charge in [0, 0.05) is 17.0 Å². The Labute approximate surface area is 194 Å². The normalized spacial score (nSPS) is 11.7. The van der Waals surface area contributed by atoms with Crippen molar-refractivity contribution in [3.63, 3.8) is 0 Å². The minimum Gasteiger partial charge on any atom is -0.428 e. The Hall–Kier alpha value is -3.78. The lowest BCUT2D eigenvalue weighted by Crippen LogP contribution is -2.26. The molecule has 5 rings (SSSR count). The predicted octanol–water partition coefficient (Wildman–Crippen LogP) is 6.07. The van der Waals surface area contributed by atoms with Crippen LogP contribution in [0.15, 0.2) is 65.6 Å². The van der Waals surface area contributed by atoms with Crippen molar-refractivity contribution in [3.8, 4) is 17.3 Å². The second-order valence-electron chi connectivity index (χ2n) is 8.57. The summed E-state index contributed by atoms with van der Waals surface area (Å²) in [5, 5.41) is 2.88. The molecule has 3 heterocycles. The fraction of sp³-hybridized carbons (Fsp3) is 0.200.